The van der Waals surface area contributed by atoms with Crippen molar-refractivity contribution in [3.8, 4) is 0 Å². The summed E-state index contributed by atoms with van der Waals surface area (Å²) in [5, 5.41) is 3.37. The van der Waals surface area contributed by atoms with Gasteiger partial charge in [0.05, 0.1) is 5.92 Å². The molecule has 0 bridgehead atoms. The fourth-order valence-electron chi connectivity index (χ4n) is 2.88. The second-order valence-corrected chi connectivity index (χ2v) is 5.59. The molecule has 0 aliphatic carbocycles. The third kappa shape index (κ3) is 3.31. The van der Waals surface area contributed by atoms with Crippen LogP contribution in [0.3, 0.4) is 0 Å². The Bertz CT molecular complexity index is 461. The van der Waals surface area contributed by atoms with E-state index in [1.165, 1.54) is 11.3 Å². The normalized spacial score (nSPS) is 22.8. The molecule has 0 saturated carbocycles. The average Bonchev–Trinajstić information content (AvgIpc) is 2.46. The maximum atomic E-state index is 11.5. The van der Waals surface area contributed by atoms with Gasteiger partial charge in [-0.2, -0.15) is 0 Å². The molecule has 1 aromatic carbocycles. The first-order valence-electron chi connectivity index (χ1n) is 7.48. The monoisotopic (exact) mass is 275 g/mol. The lowest BCUT2D eigenvalue weighted by Gasteiger charge is -2.39. The zero-order chi connectivity index (χ0) is 14.5. The minimum absolute atomic E-state index is 0.0293. The molecule has 2 atom stereocenters. The summed E-state index contributed by atoms with van der Waals surface area (Å²) in [4.78, 5) is 13.8. The highest BCUT2D eigenvalue weighted by molar-refractivity contribution is 5.77. The van der Waals surface area contributed by atoms with Crippen molar-refractivity contribution in [2.24, 2.45) is 11.7 Å². The summed E-state index contributed by atoms with van der Waals surface area (Å²) < 4.78 is 0. The highest BCUT2D eigenvalue weighted by atomic mass is 16.1. The smallest absolute Gasteiger partial charge is 0.222 e. The van der Waals surface area contributed by atoms with Gasteiger partial charge in [0.25, 0.3) is 0 Å². The lowest BCUT2D eigenvalue weighted by molar-refractivity contribution is -0.122. The summed E-state index contributed by atoms with van der Waals surface area (Å²) in [7, 11) is 0. The van der Waals surface area contributed by atoms with E-state index in [9.17, 15) is 4.79 Å². The molecule has 1 amide bonds. The third-order valence-corrected chi connectivity index (χ3v) is 4.15. The summed E-state index contributed by atoms with van der Waals surface area (Å²) in [5.41, 5.74) is 8.01. The van der Waals surface area contributed by atoms with Gasteiger partial charge in [-0.25, -0.2) is 0 Å². The number of rotatable bonds is 5. The molecule has 1 saturated heterocycles. The largest absolute Gasteiger partial charge is 0.369 e. The SMILES string of the molecule is CCNCc1ccccc1N1CC(C(N)=O)CCC1C. The van der Waals surface area contributed by atoms with Gasteiger partial charge in [-0.1, -0.05) is 25.1 Å². The molecule has 3 N–H and O–H groups in total. The van der Waals surface area contributed by atoms with Crippen LogP contribution in [0, 0.1) is 5.92 Å². The van der Waals surface area contributed by atoms with E-state index < -0.39 is 0 Å². The standard InChI is InChI=1S/C16H25N3O/c1-3-18-10-13-6-4-5-7-15(13)19-11-14(16(17)20)9-8-12(19)2/h4-7,12,14,18H,3,8-11H2,1-2H3,(H2,17,20). The fraction of sp³-hybridized carbons (Fsp3) is 0.562. The van der Waals surface area contributed by atoms with E-state index in [2.05, 4.69) is 48.3 Å². The summed E-state index contributed by atoms with van der Waals surface area (Å²) in [5.74, 6) is -0.204. The second kappa shape index (κ2) is 6.75. The summed E-state index contributed by atoms with van der Waals surface area (Å²) in [6.07, 6.45) is 1.92. The maximum absolute atomic E-state index is 11.5. The second-order valence-electron chi connectivity index (χ2n) is 5.59. The van der Waals surface area contributed by atoms with E-state index in [1.807, 2.05) is 0 Å². The van der Waals surface area contributed by atoms with Crippen LogP contribution in [0.1, 0.15) is 32.3 Å². The van der Waals surface area contributed by atoms with E-state index in [1.54, 1.807) is 0 Å². The van der Waals surface area contributed by atoms with Gasteiger partial charge < -0.3 is 16.0 Å². The minimum atomic E-state index is -0.175. The number of primary amides is 1. The number of anilines is 1. The Kier molecular flexibility index (Phi) is 5.01. The first kappa shape index (κ1) is 14.9. The fourth-order valence-corrected chi connectivity index (χ4v) is 2.88. The lowest BCUT2D eigenvalue weighted by Crippen LogP contribution is -2.46. The average molecular weight is 275 g/mol. The molecule has 1 fully saturated rings. The van der Waals surface area contributed by atoms with E-state index in [0.29, 0.717) is 6.04 Å². The molecular formula is C16H25N3O. The van der Waals surface area contributed by atoms with Crippen molar-refractivity contribution in [1.29, 1.82) is 0 Å². The Morgan fingerprint density at radius 3 is 2.85 bits per heavy atom. The number of nitrogens with two attached hydrogens (primary N) is 1. The number of nitrogens with one attached hydrogen (secondary N) is 1. The maximum Gasteiger partial charge on any atom is 0.222 e. The van der Waals surface area contributed by atoms with Gasteiger partial charge in [-0.05, 0) is 37.9 Å². The van der Waals surface area contributed by atoms with Gasteiger partial charge in [0.15, 0.2) is 0 Å². The van der Waals surface area contributed by atoms with Gasteiger partial charge in [-0.3, -0.25) is 4.79 Å². The zero-order valence-corrected chi connectivity index (χ0v) is 12.4. The van der Waals surface area contributed by atoms with Gasteiger partial charge in [0.1, 0.15) is 0 Å². The van der Waals surface area contributed by atoms with Crippen molar-refractivity contribution in [3.63, 3.8) is 0 Å². The van der Waals surface area contributed by atoms with Crippen LogP contribution in [-0.4, -0.2) is 25.0 Å². The van der Waals surface area contributed by atoms with Crippen LogP contribution < -0.4 is 16.0 Å². The number of benzene rings is 1. The molecule has 1 heterocycles. The Labute approximate surface area is 121 Å². The topological polar surface area (TPSA) is 58.4 Å². The summed E-state index contributed by atoms with van der Waals surface area (Å²) in [6, 6.07) is 8.88. The number of nitrogens with zero attached hydrogens (tertiary/aromatic N) is 1. The molecule has 4 heteroatoms. The number of para-hydroxylation sites is 1. The van der Waals surface area contributed by atoms with Crippen LogP contribution in [0.5, 0.6) is 0 Å². The predicted molar refractivity (Wildman–Crippen MR) is 82.5 cm³/mol. The van der Waals surface area contributed by atoms with Crippen molar-refractivity contribution in [2.75, 3.05) is 18.0 Å². The lowest BCUT2D eigenvalue weighted by atomic mass is 9.92. The highest BCUT2D eigenvalue weighted by Crippen LogP contribution is 2.30. The predicted octanol–water partition coefficient (Wildman–Crippen LogP) is 1.89. The highest BCUT2D eigenvalue weighted by Gasteiger charge is 2.29. The molecule has 20 heavy (non-hydrogen) atoms. The van der Waals surface area contributed by atoms with E-state index in [0.717, 1.165) is 32.5 Å². The molecule has 4 nitrogen and oxygen atoms in total. The summed E-state index contributed by atoms with van der Waals surface area (Å²) in [6.45, 7) is 6.88. The third-order valence-electron chi connectivity index (χ3n) is 4.15. The molecule has 2 unspecified atom stereocenters. The number of carbonyl (C=O) groups is 1. The molecule has 0 radical (unpaired) electrons. The molecule has 1 aliphatic rings. The van der Waals surface area contributed by atoms with Crippen LogP contribution in [0.2, 0.25) is 0 Å². The Morgan fingerprint density at radius 1 is 1.40 bits per heavy atom. The molecule has 2 rings (SSSR count). The number of carbonyl (C=O) groups excluding carboxylic acids is 1. The van der Waals surface area contributed by atoms with Gasteiger partial charge >= 0.3 is 0 Å². The van der Waals surface area contributed by atoms with Crippen LogP contribution in [0.25, 0.3) is 0 Å². The van der Waals surface area contributed by atoms with E-state index >= 15 is 0 Å². The number of hydrogen-bond donors (Lipinski definition) is 2. The molecule has 0 spiro atoms. The Balaban J connectivity index is 2.21. The van der Waals surface area contributed by atoms with Crippen molar-refractivity contribution in [1.82, 2.24) is 5.32 Å². The van der Waals surface area contributed by atoms with Crippen molar-refractivity contribution in [3.05, 3.63) is 29.8 Å². The van der Waals surface area contributed by atoms with Crippen molar-refractivity contribution in [2.45, 2.75) is 39.3 Å². The van der Waals surface area contributed by atoms with Gasteiger partial charge in [0.2, 0.25) is 5.91 Å². The Morgan fingerprint density at radius 2 is 2.15 bits per heavy atom. The number of piperidine rings is 1. The molecule has 1 aliphatic heterocycles. The molecule has 110 valence electrons. The van der Waals surface area contributed by atoms with Crippen molar-refractivity contribution >= 4 is 11.6 Å². The minimum Gasteiger partial charge on any atom is -0.369 e. The zero-order valence-electron chi connectivity index (χ0n) is 12.4. The van der Waals surface area contributed by atoms with E-state index in [4.69, 9.17) is 5.73 Å². The number of hydrogen-bond acceptors (Lipinski definition) is 3. The first-order valence-corrected chi connectivity index (χ1v) is 7.48. The number of amides is 1. The van der Waals surface area contributed by atoms with E-state index in [-0.39, 0.29) is 11.8 Å². The molecular weight excluding hydrogens is 250 g/mol. The van der Waals surface area contributed by atoms with Gasteiger partial charge in [-0.15, -0.1) is 0 Å². The first-order chi connectivity index (χ1) is 9.63. The van der Waals surface area contributed by atoms with Crippen LogP contribution >= 0.6 is 0 Å². The van der Waals surface area contributed by atoms with Gasteiger partial charge in [0, 0.05) is 24.8 Å². The Hall–Kier alpha value is -1.55. The molecule has 0 aromatic heterocycles. The summed E-state index contributed by atoms with van der Waals surface area (Å²) >= 11 is 0. The quantitative estimate of drug-likeness (QED) is 0.862. The van der Waals surface area contributed by atoms with Crippen LogP contribution in [-0.2, 0) is 11.3 Å². The van der Waals surface area contributed by atoms with Crippen LogP contribution in [0.15, 0.2) is 24.3 Å². The van der Waals surface area contributed by atoms with Crippen molar-refractivity contribution < 1.29 is 4.79 Å². The molecule has 1 aromatic rings. The van der Waals surface area contributed by atoms with Crippen LogP contribution in [0.4, 0.5) is 5.69 Å².